The smallest absolute Gasteiger partial charge is 0.346 e. The fourth-order valence-corrected chi connectivity index (χ4v) is 3.42. The monoisotopic (exact) mass is 399 g/mol. The third kappa shape index (κ3) is 3.91. The van der Waals surface area contributed by atoms with Gasteiger partial charge in [0, 0.05) is 17.7 Å². The Morgan fingerprint density at radius 2 is 2.19 bits per heavy atom. The first-order valence-electron chi connectivity index (χ1n) is 7.52. The van der Waals surface area contributed by atoms with Crippen LogP contribution in [0.2, 0.25) is 5.15 Å². The molecule has 1 atom stereocenters. The van der Waals surface area contributed by atoms with Crippen LogP contribution in [0.15, 0.2) is 41.9 Å². The molecule has 0 aliphatic heterocycles. The molecule has 9 heteroatoms. The number of thiazole rings is 1. The van der Waals surface area contributed by atoms with E-state index in [1.165, 1.54) is 35.6 Å². The van der Waals surface area contributed by atoms with E-state index in [9.17, 15) is 18.0 Å². The largest absolute Gasteiger partial charge is 0.416 e. The molecule has 3 rings (SSSR count). The van der Waals surface area contributed by atoms with E-state index in [0.29, 0.717) is 16.2 Å². The number of nitrogens with one attached hydrogen (secondary N) is 1. The Bertz CT molecular complexity index is 977. The first-order valence-corrected chi connectivity index (χ1v) is 8.78. The minimum absolute atomic E-state index is 0.270. The second-order valence-corrected chi connectivity index (χ2v) is 6.76. The lowest BCUT2D eigenvalue weighted by atomic mass is 10.0. The number of hydrogen-bond donors (Lipinski definition) is 1. The molecule has 0 aliphatic rings. The fourth-order valence-electron chi connectivity index (χ4n) is 2.41. The molecule has 1 unspecified atom stereocenters. The first-order chi connectivity index (χ1) is 12.3. The van der Waals surface area contributed by atoms with E-state index < -0.39 is 23.7 Å². The number of imidazole rings is 1. The summed E-state index contributed by atoms with van der Waals surface area (Å²) >= 11 is 7.45. The van der Waals surface area contributed by atoms with Crippen molar-refractivity contribution < 1.29 is 18.0 Å². The molecule has 0 bridgehead atoms. The van der Waals surface area contributed by atoms with Crippen molar-refractivity contribution in [3.63, 3.8) is 0 Å². The van der Waals surface area contributed by atoms with Crippen LogP contribution in [0.3, 0.4) is 0 Å². The van der Waals surface area contributed by atoms with Gasteiger partial charge in [-0.05, 0) is 30.7 Å². The van der Waals surface area contributed by atoms with Gasteiger partial charge in [-0.15, -0.1) is 11.3 Å². The van der Waals surface area contributed by atoms with Crippen molar-refractivity contribution in [2.75, 3.05) is 0 Å². The highest BCUT2D eigenvalue weighted by Crippen LogP contribution is 2.30. The average molecular weight is 400 g/mol. The molecule has 2 aromatic heterocycles. The molecule has 0 saturated carbocycles. The van der Waals surface area contributed by atoms with Gasteiger partial charge in [0.2, 0.25) is 5.91 Å². The van der Waals surface area contributed by atoms with Crippen LogP contribution in [0.5, 0.6) is 0 Å². The summed E-state index contributed by atoms with van der Waals surface area (Å²) in [5, 5.41) is 4.74. The van der Waals surface area contributed by atoms with Crippen LogP contribution in [0.4, 0.5) is 13.2 Å². The number of aromatic nitrogens is 2. The molecule has 0 radical (unpaired) electrons. The van der Waals surface area contributed by atoms with Gasteiger partial charge in [0.25, 0.3) is 0 Å². The molecule has 2 heterocycles. The topological polar surface area (TPSA) is 46.4 Å². The zero-order chi connectivity index (χ0) is 18.9. The van der Waals surface area contributed by atoms with Crippen LogP contribution in [0.1, 0.15) is 29.8 Å². The van der Waals surface area contributed by atoms with Gasteiger partial charge in [-0.25, -0.2) is 4.98 Å². The van der Waals surface area contributed by atoms with Gasteiger partial charge < -0.3 is 5.32 Å². The first kappa shape index (κ1) is 18.5. The Balaban J connectivity index is 1.72. The lowest BCUT2D eigenvalue weighted by Gasteiger charge is -2.15. The normalized spacial score (nSPS) is 13.4. The molecule has 1 amide bonds. The third-order valence-electron chi connectivity index (χ3n) is 3.72. The lowest BCUT2D eigenvalue weighted by molar-refractivity contribution is -0.137. The van der Waals surface area contributed by atoms with Gasteiger partial charge in [0.1, 0.15) is 0 Å². The molecule has 4 nitrogen and oxygen atoms in total. The minimum atomic E-state index is -4.43. The second-order valence-electron chi connectivity index (χ2n) is 5.53. The molecule has 1 N–H and O–H groups in total. The van der Waals surface area contributed by atoms with Crippen LogP contribution in [0, 0.1) is 0 Å². The number of rotatable bonds is 4. The molecule has 136 valence electrons. The van der Waals surface area contributed by atoms with Crippen molar-refractivity contribution in [1.29, 1.82) is 0 Å². The summed E-state index contributed by atoms with van der Waals surface area (Å²) in [7, 11) is 0. The van der Waals surface area contributed by atoms with Crippen molar-refractivity contribution in [2.24, 2.45) is 0 Å². The summed E-state index contributed by atoms with van der Waals surface area (Å²) in [6, 6.07) is 4.28. The zero-order valence-corrected chi connectivity index (χ0v) is 15.0. The van der Waals surface area contributed by atoms with Crippen molar-refractivity contribution in [1.82, 2.24) is 14.7 Å². The van der Waals surface area contributed by atoms with E-state index in [0.717, 1.165) is 12.1 Å². The lowest BCUT2D eigenvalue weighted by Crippen LogP contribution is -2.25. The molecule has 3 aromatic rings. The minimum Gasteiger partial charge on any atom is -0.346 e. The van der Waals surface area contributed by atoms with Gasteiger partial charge in [-0.1, -0.05) is 23.7 Å². The predicted molar refractivity (Wildman–Crippen MR) is 95.1 cm³/mol. The third-order valence-corrected chi connectivity index (χ3v) is 4.75. The van der Waals surface area contributed by atoms with Gasteiger partial charge >= 0.3 is 6.18 Å². The Kier molecular flexibility index (Phi) is 5.06. The summed E-state index contributed by atoms with van der Waals surface area (Å²) in [6.45, 7) is 1.62. The number of halogens is 4. The maximum atomic E-state index is 12.8. The Labute approximate surface area is 155 Å². The van der Waals surface area contributed by atoms with Crippen LogP contribution < -0.4 is 5.32 Å². The molecule has 1 aromatic carbocycles. The Morgan fingerprint density at radius 3 is 2.92 bits per heavy atom. The molecule has 26 heavy (non-hydrogen) atoms. The van der Waals surface area contributed by atoms with Crippen molar-refractivity contribution in [3.05, 3.63) is 63.9 Å². The van der Waals surface area contributed by atoms with Crippen LogP contribution >= 0.6 is 22.9 Å². The number of fused-ring (bicyclic) bond motifs is 1. The van der Waals surface area contributed by atoms with Gasteiger partial charge in [0.05, 0.1) is 17.3 Å². The molecular formula is C17H13ClF3N3OS. The highest BCUT2D eigenvalue weighted by atomic mass is 35.5. The summed E-state index contributed by atoms with van der Waals surface area (Å²) in [6.07, 6.45) is 0.145. The average Bonchev–Trinajstić information content (AvgIpc) is 3.13. The van der Waals surface area contributed by atoms with Crippen molar-refractivity contribution in [2.45, 2.75) is 19.1 Å². The van der Waals surface area contributed by atoms with Gasteiger partial charge in [-0.3, -0.25) is 9.20 Å². The number of nitrogens with zero attached hydrogens (tertiary/aromatic N) is 2. The maximum absolute atomic E-state index is 12.8. The molecule has 0 fully saturated rings. The van der Waals surface area contributed by atoms with Crippen LogP contribution in [-0.4, -0.2) is 15.3 Å². The highest BCUT2D eigenvalue weighted by molar-refractivity contribution is 7.15. The molecular weight excluding hydrogens is 387 g/mol. The van der Waals surface area contributed by atoms with E-state index in [-0.39, 0.29) is 5.15 Å². The van der Waals surface area contributed by atoms with E-state index >= 15 is 0 Å². The van der Waals surface area contributed by atoms with E-state index in [1.54, 1.807) is 17.5 Å². The van der Waals surface area contributed by atoms with Gasteiger partial charge in [-0.2, -0.15) is 13.2 Å². The molecule has 0 saturated heterocycles. The fraction of sp³-hybridized carbons (Fsp3) is 0.176. The summed E-state index contributed by atoms with van der Waals surface area (Å²) in [5.41, 5.74) is 0.173. The molecule has 0 spiro atoms. The number of hydrogen-bond acceptors (Lipinski definition) is 3. The SMILES string of the molecule is CC(NC(=O)/C=C/c1c(Cl)nc2sccn12)c1cccc(C(F)(F)F)c1. The second kappa shape index (κ2) is 7.13. The van der Waals surface area contributed by atoms with Crippen molar-refractivity contribution >= 4 is 39.9 Å². The number of carbonyl (C=O) groups excluding carboxylic acids is 1. The Hall–Kier alpha value is -2.32. The molecule has 0 aliphatic carbocycles. The number of amides is 1. The number of alkyl halides is 3. The van der Waals surface area contributed by atoms with E-state index in [1.807, 2.05) is 5.38 Å². The van der Waals surface area contributed by atoms with Crippen LogP contribution in [0.25, 0.3) is 11.0 Å². The standard InChI is InChI=1S/C17H13ClF3N3OS/c1-10(11-3-2-4-12(9-11)17(19,20)21)22-14(25)6-5-13-15(18)23-16-24(13)7-8-26-16/h2-10H,1H3,(H,22,25)/b6-5+. The van der Waals surface area contributed by atoms with E-state index in [4.69, 9.17) is 11.6 Å². The number of benzene rings is 1. The van der Waals surface area contributed by atoms with Gasteiger partial charge in [0.15, 0.2) is 10.1 Å². The van der Waals surface area contributed by atoms with Crippen LogP contribution in [-0.2, 0) is 11.0 Å². The van der Waals surface area contributed by atoms with E-state index in [2.05, 4.69) is 10.3 Å². The predicted octanol–water partition coefficient (Wildman–Crippen LogP) is 4.96. The maximum Gasteiger partial charge on any atom is 0.416 e. The number of carbonyl (C=O) groups is 1. The summed E-state index contributed by atoms with van der Waals surface area (Å²) in [4.78, 5) is 17.0. The zero-order valence-electron chi connectivity index (χ0n) is 13.4. The highest BCUT2D eigenvalue weighted by Gasteiger charge is 2.30. The summed E-state index contributed by atoms with van der Waals surface area (Å²) in [5.74, 6) is -0.448. The Morgan fingerprint density at radius 1 is 1.42 bits per heavy atom. The van der Waals surface area contributed by atoms with Crippen molar-refractivity contribution in [3.8, 4) is 0 Å². The summed E-state index contributed by atoms with van der Waals surface area (Å²) < 4.78 is 40.1. The quantitative estimate of drug-likeness (QED) is 0.630.